The van der Waals surface area contributed by atoms with Crippen molar-refractivity contribution in [2.75, 3.05) is 7.05 Å². The van der Waals surface area contributed by atoms with Gasteiger partial charge in [0.25, 0.3) is 5.91 Å². The first-order valence-electron chi connectivity index (χ1n) is 4.94. The molecule has 1 amide bonds. The molecule has 6 nitrogen and oxygen atoms in total. The van der Waals surface area contributed by atoms with E-state index in [-0.39, 0.29) is 24.1 Å². The van der Waals surface area contributed by atoms with E-state index in [0.717, 1.165) is 0 Å². The Hall–Kier alpha value is -1.59. The van der Waals surface area contributed by atoms with Crippen LogP contribution in [0.25, 0.3) is 0 Å². The van der Waals surface area contributed by atoms with Crippen molar-refractivity contribution in [1.29, 1.82) is 0 Å². The molecular formula is C9H15N5O. The van der Waals surface area contributed by atoms with E-state index >= 15 is 0 Å². The Bertz CT molecular complexity index is 348. The standard InChI is InChI=1S/C9H15N5O/c1-5(2)14-4-11-6-7(14)12-9(10)13(3)8(6)15/h4-7H,1-3H3,(H2,10,12). The van der Waals surface area contributed by atoms with Crippen LogP contribution in [0, 0.1) is 0 Å². The van der Waals surface area contributed by atoms with E-state index in [9.17, 15) is 4.79 Å². The molecule has 0 bridgehead atoms. The first-order valence-corrected chi connectivity index (χ1v) is 4.94. The van der Waals surface area contributed by atoms with Gasteiger partial charge in [0.05, 0.1) is 6.34 Å². The highest BCUT2D eigenvalue weighted by molar-refractivity contribution is 6.02. The molecule has 2 aliphatic heterocycles. The predicted octanol–water partition coefficient (Wildman–Crippen LogP) is -0.780. The van der Waals surface area contributed by atoms with Gasteiger partial charge in [-0.1, -0.05) is 0 Å². The first kappa shape index (κ1) is 9.95. The molecule has 0 fully saturated rings. The molecule has 0 saturated carbocycles. The second-order valence-electron chi connectivity index (χ2n) is 4.05. The number of nitrogens with zero attached hydrogens (tertiary/aromatic N) is 4. The molecule has 0 saturated heterocycles. The highest BCUT2D eigenvalue weighted by Crippen LogP contribution is 2.22. The summed E-state index contributed by atoms with van der Waals surface area (Å²) in [6.45, 7) is 4.06. The van der Waals surface area contributed by atoms with E-state index in [1.165, 1.54) is 4.90 Å². The fourth-order valence-electron chi connectivity index (χ4n) is 1.76. The zero-order chi connectivity index (χ0) is 11.2. The predicted molar refractivity (Wildman–Crippen MR) is 57.4 cm³/mol. The number of rotatable bonds is 1. The quantitative estimate of drug-likeness (QED) is 0.615. The number of fused-ring (bicyclic) bond motifs is 1. The Kier molecular flexibility index (Phi) is 2.13. The molecule has 0 aromatic heterocycles. The Morgan fingerprint density at radius 2 is 2.20 bits per heavy atom. The molecule has 0 spiro atoms. The van der Waals surface area contributed by atoms with Crippen molar-refractivity contribution >= 4 is 18.2 Å². The van der Waals surface area contributed by atoms with Gasteiger partial charge in [-0.3, -0.25) is 14.7 Å². The van der Waals surface area contributed by atoms with Crippen LogP contribution in [0.15, 0.2) is 9.98 Å². The zero-order valence-corrected chi connectivity index (χ0v) is 9.08. The van der Waals surface area contributed by atoms with Gasteiger partial charge in [-0.05, 0) is 13.8 Å². The van der Waals surface area contributed by atoms with Gasteiger partial charge in [-0.2, -0.15) is 0 Å². The summed E-state index contributed by atoms with van der Waals surface area (Å²) in [5, 5.41) is 0. The minimum atomic E-state index is -0.426. The van der Waals surface area contributed by atoms with Gasteiger partial charge < -0.3 is 10.6 Å². The SMILES string of the molecule is CC(C)N1C=NC2C(=O)N(C)C(N)=NC21. The second kappa shape index (κ2) is 3.22. The molecule has 0 aromatic carbocycles. The lowest BCUT2D eigenvalue weighted by atomic mass is 10.1. The number of carbonyl (C=O) groups excluding carboxylic acids is 1. The summed E-state index contributed by atoms with van der Waals surface area (Å²) >= 11 is 0. The van der Waals surface area contributed by atoms with E-state index < -0.39 is 6.04 Å². The summed E-state index contributed by atoms with van der Waals surface area (Å²) in [4.78, 5) is 23.6. The summed E-state index contributed by atoms with van der Waals surface area (Å²) in [6, 6.07) is -0.166. The van der Waals surface area contributed by atoms with Crippen LogP contribution in [0.5, 0.6) is 0 Å². The van der Waals surface area contributed by atoms with Gasteiger partial charge in [0.2, 0.25) is 0 Å². The minimum Gasteiger partial charge on any atom is -0.369 e. The van der Waals surface area contributed by atoms with Crippen LogP contribution in [0.1, 0.15) is 13.8 Å². The third-order valence-electron chi connectivity index (χ3n) is 2.74. The molecule has 15 heavy (non-hydrogen) atoms. The Labute approximate surface area is 88.5 Å². The molecule has 2 rings (SSSR count). The van der Waals surface area contributed by atoms with E-state index in [2.05, 4.69) is 9.98 Å². The van der Waals surface area contributed by atoms with Gasteiger partial charge in [0, 0.05) is 13.1 Å². The lowest BCUT2D eigenvalue weighted by molar-refractivity contribution is -0.129. The molecule has 82 valence electrons. The van der Waals surface area contributed by atoms with E-state index in [1.807, 2.05) is 18.7 Å². The van der Waals surface area contributed by atoms with Crippen LogP contribution in [-0.2, 0) is 4.79 Å². The molecule has 2 heterocycles. The Balaban J connectivity index is 2.32. The maximum Gasteiger partial charge on any atom is 0.258 e. The molecule has 6 heteroatoms. The number of hydrogen-bond acceptors (Lipinski definition) is 5. The van der Waals surface area contributed by atoms with Crippen LogP contribution in [0.3, 0.4) is 0 Å². The van der Waals surface area contributed by atoms with Crippen molar-refractivity contribution in [2.45, 2.75) is 32.1 Å². The summed E-state index contributed by atoms with van der Waals surface area (Å²) in [6.07, 6.45) is 1.43. The zero-order valence-electron chi connectivity index (χ0n) is 9.08. The highest BCUT2D eigenvalue weighted by Gasteiger charge is 2.42. The summed E-state index contributed by atoms with van der Waals surface area (Å²) in [5.41, 5.74) is 5.66. The number of amides is 1. The number of carbonyl (C=O) groups is 1. The normalized spacial score (nSPS) is 29.9. The van der Waals surface area contributed by atoms with Gasteiger partial charge in [-0.25, -0.2) is 4.99 Å². The number of guanidine groups is 1. The monoisotopic (exact) mass is 209 g/mol. The fourth-order valence-corrected chi connectivity index (χ4v) is 1.76. The van der Waals surface area contributed by atoms with Crippen molar-refractivity contribution in [1.82, 2.24) is 9.80 Å². The third-order valence-corrected chi connectivity index (χ3v) is 2.74. The average molecular weight is 209 g/mol. The average Bonchev–Trinajstić information content (AvgIpc) is 2.58. The van der Waals surface area contributed by atoms with Crippen molar-refractivity contribution in [2.24, 2.45) is 15.7 Å². The maximum absolute atomic E-state index is 11.8. The smallest absolute Gasteiger partial charge is 0.258 e. The van der Waals surface area contributed by atoms with Gasteiger partial charge in [-0.15, -0.1) is 0 Å². The van der Waals surface area contributed by atoms with E-state index in [0.29, 0.717) is 0 Å². The number of likely N-dealkylation sites (N-methyl/N-ethyl adjacent to an activating group) is 1. The number of aliphatic imine (C=N–C) groups is 2. The minimum absolute atomic E-state index is 0.0908. The van der Waals surface area contributed by atoms with Gasteiger partial charge >= 0.3 is 0 Å². The van der Waals surface area contributed by atoms with Crippen molar-refractivity contribution in [3.8, 4) is 0 Å². The first-order chi connectivity index (χ1) is 7.02. The topological polar surface area (TPSA) is 74.3 Å². The van der Waals surface area contributed by atoms with Gasteiger partial charge in [0.1, 0.15) is 0 Å². The molecule has 0 aromatic rings. The lowest BCUT2D eigenvalue weighted by Gasteiger charge is -2.33. The lowest BCUT2D eigenvalue weighted by Crippen LogP contribution is -2.55. The molecule has 0 radical (unpaired) electrons. The molecular weight excluding hydrogens is 194 g/mol. The van der Waals surface area contributed by atoms with Gasteiger partial charge in [0.15, 0.2) is 18.2 Å². The van der Waals surface area contributed by atoms with Crippen LogP contribution in [0.2, 0.25) is 0 Å². The molecule has 2 atom stereocenters. The molecule has 2 aliphatic rings. The fraction of sp³-hybridized carbons (Fsp3) is 0.667. The van der Waals surface area contributed by atoms with Crippen LogP contribution >= 0.6 is 0 Å². The molecule has 0 aliphatic carbocycles. The highest BCUT2D eigenvalue weighted by atomic mass is 16.2. The van der Waals surface area contributed by atoms with E-state index in [1.54, 1.807) is 13.4 Å². The molecule has 2 N–H and O–H groups in total. The second-order valence-corrected chi connectivity index (χ2v) is 4.05. The summed E-state index contributed by atoms with van der Waals surface area (Å²) < 4.78 is 0. The van der Waals surface area contributed by atoms with Crippen LogP contribution in [0.4, 0.5) is 0 Å². The van der Waals surface area contributed by atoms with Crippen molar-refractivity contribution in [3.63, 3.8) is 0 Å². The third kappa shape index (κ3) is 1.36. The Morgan fingerprint density at radius 1 is 1.53 bits per heavy atom. The van der Waals surface area contributed by atoms with Crippen molar-refractivity contribution in [3.05, 3.63) is 0 Å². The Morgan fingerprint density at radius 3 is 2.80 bits per heavy atom. The number of nitrogens with two attached hydrogens (primary N) is 1. The molecule has 2 unspecified atom stereocenters. The largest absolute Gasteiger partial charge is 0.369 e. The number of hydrogen-bond donors (Lipinski definition) is 1. The van der Waals surface area contributed by atoms with Crippen LogP contribution in [-0.4, -0.2) is 53.3 Å². The van der Waals surface area contributed by atoms with Crippen LogP contribution < -0.4 is 5.73 Å². The van der Waals surface area contributed by atoms with E-state index in [4.69, 9.17) is 5.73 Å². The summed E-state index contributed by atoms with van der Waals surface area (Å²) in [7, 11) is 1.62. The summed E-state index contributed by atoms with van der Waals surface area (Å²) in [5.74, 6) is 0.171. The van der Waals surface area contributed by atoms with Crippen molar-refractivity contribution < 1.29 is 4.79 Å². The maximum atomic E-state index is 11.8.